The van der Waals surface area contributed by atoms with Gasteiger partial charge in [-0.25, -0.2) is 0 Å². The minimum atomic E-state index is 0.709. The third-order valence-electron chi connectivity index (χ3n) is 2.41. The molecule has 1 aliphatic heterocycles. The largest absolute Gasteiger partial charge is 0.314 e. The molecule has 13 heavy (non-hydrogen) atoms. The predicted octanol–water partition coefficient (Wildman–Crippen LogP) is 1.81. The lowest BCUT2D eigenvalue weighted by Crippen LogP contribution is -2.55. The second-order valence-electron chi connectivity index (χ2n) is 3.46. The Balaban J connectivity index is 1.89. The van der Waals surface area contributed by atoms with E-state index in [2.05, 4.69) is 23.3 Å². The summed E-state index contributed by atoms with van der Waals surface area (Å²) in [6.45, 7) is 3.26. The molecule has 1 N–H and O–H groups in total. The summed E-state index contributed by atoms with van der Waals surface area (Å²) < 4.78 is 0. The van der Waals surface area contributed by atoms with Crippen LogP contribution in [-0.4, -0.2) is 31.1 Å². The van der Waals surface area contributed by atoms with Crippen LogP contribution in [0.1, 0.15) is 4.88 Å². The molecular formula is C9H13ClN2S. The number of rotatable bonds is 3. The summed E-state index contributed by atoms with van der Waals surface area (Å²) in [6, 6.07) is 2.76. The molecule has 2 nitrogen and oxygen atoms in total. The van der Waals surface area contributed by atoms with Gasteiger partial charge in [-0.2, -0.15) is 0 Å². The highest BCUT2D eigenvalue weighted by molar-refractivity contribution is 7.10. The van der Waals surface area contributed by atoms with E-state index in [0.717, 1.165) is 24.7 Å². The number of thiophene rings is 1. The van der Waals surface area contributed by atoms with E-state index in [9.17, 15) is 0 Å². The Kier molecular flexibility index (Phi) is 2.89. The van der Waals surface area contributed by atoms with Crippen LogP contribution in [-0.2, 0) is 6.54 Å². The molecule has 2 rings (SSSR count). The summed E-state index contributed by atoms with van der Waals surface area (Å²) in [6.07, 6.45) is 0. The molecule has 0 saturated carbocycles. The molecule has 1 aromatic rings. The van der Waals surface area contributed by atoms with Gasteiger partial charge in [-0.1, -0.05) is 11.6 Å². The van der Waals surface area contributed by atoms with Crippen molar-refractivity contribution in [3.63, 3.8) is 0 Å². The highest BCUT2D eigenvalue weighted by Crippen LogP contribution is 2.21. The molecule has 2 heterocycles. The van der Waals surface area contributed by atoms with Crippen molar-refractivity contribution in [2.24, 2.45) is 0 Å². The van der Waals surface area contributed by atoms with Crippen LogP contribution in [0, 0.1) is 0 Å². The molecule has 0 aliphatic carbocycles. The van der Waals surface area contributed by atoms with E-state index in [0.29, 0.717) is 6.04 Å². The first kappa shape index (κ1) is 9.46. The summed E-state index contributed by atoms with van der Waals surface area (Å²) in [5.74, 6) is 0. The first-order chi connectivity index (χ1) is 6.25. The summed E-state index contributed by atoms with van der Waals surface area (Å²) in [5, 5.41) is 6.12. The molecule has 0 amide bonds. The van der Waals surface area contributed by atoms with Crippen molar-refractivity contribution in [2.45, 2.75) is 12.6 Å². The number of likely N-dealkylation sites (N-methyl/N-ethyl adjacent to an activating group) is 1. The van der Waals surface area contributed by atoms with Gasteiger partial charge in [-0.15, -0.1) is 11.3 Å². The van der Waals surface area contributed by atoms with Crippen molar-refractivity contribution in [3.05, 3.63) is 21.3 Å². The van der Waals surface area contributed by atoms with Crippen LogP contribution in [0.15, 0.2) is 11.4 Å². The van der Waals surface area contributed by atoms with E-state index in [1.807, 2.05) is 5.38 Å². The Morgan fingerprint density at radius 2 is 2.46 bits per heavy atom. The molecule has 1 aliphatic rings. The average Bonchev–Trinajstić information content (AvgIpc) is 2.31. The van der Waals surface area contributed by atoms with Gasteiger partial charge in [0.25, 0.3) is 0 Å². The maximum Gasteiger partial charge on any atom is 0.0516 e. The standard InChI is InChI=1S/C9H13ClN2S/c1-12(8-3-11-4-8)5-9-2-7(10)6-13-9/h2,6,8,11H,3-5H2,1H3. The highest BCUT2D eigenvalue weighted by atomic mass is 35.5. The lowest BCUT2D eigenvalue weighted by molar-refractivity contribution is 0.174. The maximum atomic E-state index is 5.85. The van der Waals surface area contributed by atoms with E-state index in [-0.39, 0.29) is 0 Å². The summed E-state index contributed by atoms with van der Waals surface area (Å²) >= 11 is 7.59. The molecule has 0 aromatic carbocycles. The van der Waals surface area contributed by atoms with Gasteiger partial charge in [-0.3, -0.25) is 4.90 Å². The fraction of sp³-hybridized carbons (Fsp3) is 0.556. The van der Waals surface area contributed by atoms with Crippen LogP contribution in [0.3, 0.4) is 0 Å². The number of nitrogens with zero attached hydrogens (tertiary/aromatic N) is 1. The van der Waals surface area contributed by atoms with Crippen molar-refractivity contribution < 1.29 is 0 Å². The topological polar surface area (TPSA) is 15.3 Å². The van der Waals surface area contributed by atoms with E-state index >= 15 is 0 Å². The van der Waals surface area contributed by atoms with Gasteiger partial charge in [0.15, 0.2) is 0 Å². The fourth-order valence-electron chi connectivity index (χ4n) is 1.40. The number of nitrogens with one attached hydrogen (secondary N) is 1. The number of hydrogen-bond donors (Lipinski definition) is 1. The lowest BCUT2D eigenvalue weighted by Gasteiger charge is -2.35. The molecule has 0 unspecified atom stereocenters. The van der Waals surface area contributed by atoms with E-state index in [1.165, 1.54) is 4.88 Å². The SMILES string of the molecule is CN(Cc1cc(Cl)cs1)C1CNC1. The van der Waals surface area contributed by atoms with Crippen LogP contribution in [0.4, 0.5) is 0 Å². The second-order valence-corrected chi connectivity index (χ2v) is 4.89. The Bertz CT molecular complexity index is 283. The quantitative estimate of drug-likeness (QED) is 0.829. The third kappa shape index (κ3) is 2.23. The summed E-state index contributed by atoms with van der Waals surface area (Å²) in [7, 11) is 2.17. The van der Waals surface area contributed by atoms with Gasteiger partial charge < -0.3 is 5.32 Å². The van der Waals surface area contributed by atoms with Crippen LogP contribution >= 0.6 is 22.9 Å². The van der Waals surface area contributed by atoms with Gasteiger partial charge in [0, 0.05) is 35.9 Å². The minimum absolute atomic E-state index is 0.709. The molecule has 0 spiro atoms. The van der Waals surface area contributed by atoms with Crippen molar-refractivity contribution in [1.82, 2.24) is 10.2 Å². The van der Waals surface area contributed by atoms with E-state index < -0.39 is 0 Å². The number of hydrogen-bond acceptors (Lipinski definition) is 3. The average molecular weight is 217 g/mol. The molecule has 1 aromatic heterocycles. The zero-order valence-corrected chi connectivity index (χ0v) is 9.16. The zero-order valence-electron chi connectivity index (χ0n) is 7.59. The first-order valence-corrected chi connectivity index (χ1v) is 5.65. The molecule has 1 fully saturated rings. The Labute approximate surface area is 87.5 Å². The van der Waals surface area contributed by atoms with Crippen LogP contribution in [0.5, 0.6) is 0 Å². The van der Waals surface area contributed by atoms with Crippen molar-refractivity contribution >= 4 is 22.9 Å². The third-order valence-corrected chi connectivity index (χ3v) is 3.68. The van der Waals surface area contributed by atoms with Crippen molar-refractivity contribution in [1.29, 1.82) is 0 Å². The van der Waals surface area contributed by atoms with Crippen molar-refractivity contribution in [3.8, 4) is 0 Å². The first-order valence-electron chi connectivity index (χ1n) is 4.39. The van der Waals surface area contributed by atoms with Gasteiger partial charge >= 0.3 is 0 Å². The normalized spacial score (nSPS) is 17.8. The molecule has 72 valence electrons. The predicted molar refractivity (Wildman–Crippen MR) is 57.5 cm³/mol. The van der Waals surface area contributed by atoms with Crippen LogP contribution < -0.4 is 5.32 Å². The van der Waals surface area contributed by atoms with Crippen LogP contribution in [0.2, 0.25) is 5.02 Å². The lowest BCUT2D eigenvalue weighted by atomic mass is 10.1. The van der Waals surface area contributed by atoms with Gasteiger partial charge in [0.1, 0.15) is 0 Å². The number of halogens is 1. The smallest absolute Gasteiger partial charge is 0.0516 e. The monoisotopic (exact) mass is 216 g/mol. The Hall–Kier alpha value is -0.0900. The van der Waals surface area contributed by atoms with Gasteiger partial charge in [0.05, 0.1) is 5.02 Å². The molecule has 4 heteroatoms. The molecule has 0 radical (unpaired) electrons. The van der Waals surface area contributed by atoms with E-state index in [1.54, 1.807) is 11.3 Å². The fourth-order valence-corrected chi connectivity index (χ4v) is 2.53. The van der Waals surface area contributed by atoms with Gasteiger partial charge in [-0.05, 0) is 13.1 Å². The highest BCUT2D eigenvalue weighted by Gasteiger charge is 2.21. The molecule has 1 saturated heterocycles. The van der Waals surface area contributed by atoms with Crippen molar-refractivity contribution in [2.75, 3.05) is 20.1 Å². The molecule has 0 bridgehead atoms. The molecule has 0 atom stereocenters. The van der Waals surface area contributed by atoms with E-state index in [4.69, 9.17) is 11.6 Å². The van der Waals surface area contributed by atoms with Crippen LogP contribution in [0.25, 0.3) is 0 Å². The zero-order chi connectivity index (χ0) is 9.26. The Morgan fingerprint density at radius 3 is 2.92 bits per heavy atom. The second kappa shape index (κ2) is 3.96. The Morgan fingerprint density at radius 1 is 1.69 bits per heavy atom. The summed E-state index contributed by atoms with van der Waals surface area (Å²) in [4.78, 5) is 3.72. The summed E-state index contributed by atoms with van der Waals surface area (Å²) in [5.41, 5.74) is 0. The van der Waals surface area contributed by atoms with Gasteiger partial charge in [0.2, 0.25) is 0 Å². The minimum Gasteiger partial charge on any atom is -0.314 e. The maximum absolute atomic E-state index is 5.85. The molecular weight excluding hydrogens is 204 g/mol.